The van der Waals surface area contributed by atoms with Gasteiger partial charge in [0.05, 0.1) is 18.1 Å². The molecule has 1 heterocycles. The van der Waals surface area contributed by atoms with Crippen LogP contribution in [0.1, 0.15) is 13.0 Å². The van der Waals surface area contributed by atoms with E-state index in [1.54, 1.807) is 6.07 Å². The SMILES string of the molecule is COc1cc2c(cc1F)[nH]c(=S)n2C(C)CN(C)C. The van der Waals surface area contributed by atoms with Crippen molar-refractivity contribution in [2.24, 2.45) is 0 Å². The Morgan fingerprint density at radius 3 is 2.74 bits per heavy atom. The molecule has 4 nitrogen and oxygen atoms in total. The third-order valence-electron chi connectivity index (χ3n) is 3.06. The van der Waals surface area contributed by atoms with E-state index < -0.39 is 5.82 Å². The summed E-state index contributed by atoms with van der Waals surface area (Å²) in [5.41, 5.74) is 1.55. The standard InChI is InChI=1S/C13H18FN3OS/c1-8(7-16(2)3)17-11-6-12(18-4)9(14)5-10(11)15-13(17)19/h5-6,8H,7H2,1-4H3,(H,15,19). The summed E-state index contributed by atoms with van der Waals surface area (Å²) in [5, 5.41) is 0. The number of likely N-dealkylation sites (N-methyl/N-ethyl adjacent to an activating group) is 1. The van der Waals surface area contributed by atoms with Gasteiger partial charge >= 0.3 is 0 Å². The topological polar surface area (TPSA) is 33.2 Å². The van der Waals surface area contributed by atoms with Gasteiger partial charge in [0.2, 0.25) is 0 Å². The molecule has 0 aliphatic carbocycles. The lowest BCUT2D eigenvalue weighted by Crippen LogP contribution is -2.22. The van der Waals surface area contributed by atoms with Crippen LogP contribution >= 0.6 is 12.2 Å². The molecule has 1 aromatic carbocycles. The number of nitrogens with zero attached hydrogens (tertiary/aromatic N) is 2. The zero-order valence-corrected chi connectivity index (χ0v) is 12.3. The van der Waals surface area contributed by atoms with E-state index in [1.165, 1.54) is 13.2 Å². The first-order valence-corrected chi connectivity index (χ1v) is 6.47. The fourth-order valence-electron chi connectivity index (χ4n) is 2.33. The minimum atomic E-state index is -0.390. The maximum atomic E-state index is 13.7. The number of benzene rings is 1. The van der Waals surface area contributed by atoms with Crippen molar-refractivity contribution in [2.45, 2.75) is 13.0 Å². The number of hydrogen-bond donors (Lipinski definition) is 1. The average molecular weight is 283 g/mol. The number of imidazole rings is 1. The Morgan fingerprint density at radius 1 is 1.47 bits per heavy atom. The van der Waals surface area contributed by atoms with E-state index in [4.69, 9.17) is 17.0 Å². The van der Waals surface area contributed by atoms with Gasteiger partial charge in [-0.25, -0.2) is 4.39 Å². The smallest absolute Gasteiger partial charge is 0.178 e. The van der Waals surface area contributed by atoms with Crippen molar-refractivity contribution in [3.63, 3.8) is 0 Å². The predicted molar refractivity (Wildman–Crippen MR) is 76.9 cm³/mol. The second-order valence-corrected chi connectivity index (χ2v) is 5.30. The molecular formula is C13H18FN3OS. The lowest BCUT2D eigenvalue weighted by atomic mass is 10.2. The predicted octanol–water partition coefficient (Wildman–Crippen LogP) is 2.97. The van der Waals surface area contributed by atoms with E-state index in [1.807, 2.05) is 18.7 Å². The number of H-pyrrole nitrogens is 1. The maximum Gasteiger partial charge on any atom is 0.178 e. The van der Waals surface area contributed by atoms with Crippen LogP contribution in [-0.4, -0.2) is 42.2 Å². The molecule has 1 N–H and O–H groups in total. The van der Waals surface area contributed by atoms with E-state index in [0.29, 0.717) is 10.3 Å². The molecule has 2 rings (SSSR count). The van der Waals surface area contributed by atoms with Crippen molar-refractivity contribution in [2.75, 3.05) is 27.7 Å². The Bertz CT molecular complexity index is 647. The first-order chi connectivity index (χ1) is 8.93. The van der Waals surface area contributed by atoms with Crippen molar-refractivity contribution in [3.8, 4) is 5.75 Å². The first kappa shape index (κ1) is 14.0. The van der Waals surface area contributed by atoms with E-state index in [0.717, 1.165) is 12.1 Å². The number of methoxy groups -OCH3 is 1. The number of rotatable bonds is 4. The molecule has 0 aliphatic rings. The van der Waals surface area contributed by atoms with Gasteiger partial charge in [-0.15, -0.1) is 0 Å². The Hall–Kier alpha value is -1.40. The molecule has 0 saturated heterocycles. The molecule has 0 aliphatic heterocycles. The highest BCUT2D eigenvalue weighted by Gasteiger charge is 2.15. The summed E-state index contributed by atoms with van der Waals surface area (Å²) in [5.74, 6) is -0.161. The highest BCUT2D eigenvalue weighted by molar-refractivity contribution is 7.71. The van der Waals surface area contributed by atoms with Gasteiger partial charge in [0.15, 0.2) is 16.3 Å². The Balaban J connectivity index is 2.60. The second kappa shape index (κ2) is 5.30. The zero-order valence-electron chi connectivity index (χ0n) is 11.5. The summed E-state index contributed by atoms with van der Waals surface area (Å²) < 4.78 is 21.3. The van der Waals surface area contributed by atoms with E-state index in [9.17, 15) is 4.39 Å². The molecule has 1 atom stereocenters. The largest absolute Gasteiger partial charge is 0.494 e. The second-order valence-electron chi connectivity index (χ2n) is 4.92. The van der Waals surface area contributed by atoms with Crippen molar-refractivity contribution in [1.82, 2.24) is 14.5 Å². The molecule has 0 amide bonds. The molecule has 1 unspecified atom stereocenters. The average Bonchev–Trinajstić information content (AvgIpc) is 2.61. The van der Waals surface area contributed by atoms with Crippen LogP contribution in [0.15, 0.2) is 12.1 Å². The number of aromatic amines is 1. The van der Waals surface area contributed by atoms with Crippen molar-refractivity contribution >= 4 is 23.3 Å². The van der Waals surface area contributed by atoms with Crippen LogP contribution in [0.25, 0.3) is 11.0 Å². The van der Waals surface area contributed by atoms with Gasteiger partial charge in [-0.1, -0.05) is 0 Å². The normalized spacial score (nSPS) is 13.2. The fourth-order valence-corrected chi connectivity index (χ4v) is 2.72. The van der Waals surface area contributed by atoms with Crippen LogP contribution in [0.5, 0.6) is 5.75 Å². The minimum absolute atomic E-state index is 0.186. The maximum absolute atomic E-state index is 13.7. The van der Waals surface area contributed by atoms with Crippen molar-refractivity contribution < 1.29 is 9.13 Å². The Labute approximate surface area is 116 Å². The van der Waals surface area contributed by atoms with Crippen LogP contribution in [-0.2, 0) is 0 Å². The number of aromatic nitrogens is 2. The van der Waals surface area contributed by atoms with Crippen LogP contribution in [0.3, 0.4) is 0 Å². The number of hydrogen-bond acceptors (Lipinski definition) is 3. The van der Waals surface area contributed by atoms with Gasteiger partial charge in [-0.2, -0.15) is 0 Å². The van der Waals surface area contributed by atoms with Crippen LogP contribution < -0.4 is 4.74 Å². The molecule has 2 aromatic rings. The summed E-state index contributed by atoms with van der Waals surface area (Å²) in [6, 6.07) is 3.29. The zero-order chi connectivity index (χ0) is 14.2. The van der Waals surface area contributed by atoms with Gasteiger partial charge in [0, 0.05) is 24.7 Å². The molecule has 104 valence electrons. The van der Waals surface area contributed by atoms with Gasteiger partial charge in [0.1, 0.15) is 0 Å². The van der Waals surface area contributed by atoms with Crippen LogP contribution in [0.2, 0.25) is 0 Å². The molecule has 0 spiro atoms. The van der Waals surface area contributed by atoms with Crippen molar-refractivity contribution in [1.29, 1.82) is 0 Å². The highest BCUT2D eigenvalue weighted by atomic mass is 32.1. The Morgan fingerprint density at radius 2 is 2.16 bits per heavy atom. The third-order valence-corrected chi connectivity index (χ3v) is 3.36. The number of nitrogens with one attached hydrogen (secondary N) is 1. The molecular weight excluding hydrogens is 265 g/mol. The van der Waals surface area contributed by atoms with Gasteiger partial charge in [-0.05, 0) is 33.2 Å². The van der Waals surface area contributed by atoms with E-state index in [-0.39, 0.29) is 11.8 Å². The van der Waals surface area contributed by atoms with Gasteiger partial charge in [0.25, 0.3) is 0 Å². The van der Waals surface area contributed by atoms with Crippen LogP contribution in [0.4, 0.5) is 4.39 Å². The third kappa shape index (κ3) is 2.64. The summed E-state index contributed by atoms with van der Waals surface area (Å²) in [6.45, 7) is 2.93. The monoisotopic (exact) mass is 283 g/mol. The Kier molecular flexibility index (Phi) is 3.91. The first-order valence-electron chi connectivity index (χ1n) is 6.06. The lowest BCUT2D eigenvalue weighted by Gasteiger charge is -2.19. The van der Waals surface area contributed by atoms with Crippen LogP contribution in [0, 0.1) is 10.6 Å². The quantitative estimate of drug-likeness (QED) is 0.876. The van der Waals surface area contributed by atoms with E-state index in [2.05, 4.69) is 16.8 Å². The number of halogens is 1. The van der Waals surface area contributed by atoms with E-state index >= 15 is 0 Å². The molecule has 6 heteroatoms. The molecule has 19 heavy (non-hydrogen) atoms. The molecule has 1 aromatic heterocycles. The molecule has 0 radical (unpaired) electrons. The van der Waals surface area contributed by atoms with Gasteiger partial charge in [-0.3, -0.25) is 0 Å². The lowest BCUT2D eigenvalue weighted by molar-refractivity contribution is 0.339. The summed E-state index contributed by atoms with van der Waals surface area (Å²) in [7, 11) is 5.48. The van der Waals surface area contributed by atoms with Gasteiger partial charge < -0.3 is 19.2 Å². The minimum Gasteiger partial charge on any atom is -0.494 e. The van der Waals surface area contributed by atoms with Crippen molar-refractivity contribution in [3.05, 3.63) is 22.7 Å². The summed E-state index contributed by atoms with van der Waals surface area (Å²) in [6.07, 6.45) is 0. The summed E-state index contributed by atoms with van der Waals surface area (Å²) in [4.78, 5) is 5.13. The molecule has 0 fully saturated rings. The summed E-state index contributed by atoms with van der Waals surface area (Å²) >= 11 is 5.33. The molecule has 0 bridgehead atoms. The highest BCUT2D eigenvalue weighted by Crippen LogP contribution is 2.26. The fraction of sp³-hybridized carbons (Fsp3) is 0.462. The number of fused-ring (bicyclic) bond motifs is 1. The molecule has 0 saturated carbocycles. The number of ether oxygens (including phenoxy) is 1.